The molecule has 0 unspecified atom stereocenters. The molecule has 2 N–H and O–H groups in total. The van der Waals surface area contributed by atoms with Crippen molar-refractivity contribution in [3.05, 3.63) is 93.9 Å². The van der Waals surface area contributed by atoms with E-state index in [0.29, 0.717) is 34.1 Å². The van der Waals surface area contributed by atoms with Crippen molar-refractivity contribution in [1.82, 2.24) is 9.97 Å². The van der Waals surface area contributed by atoms with Gasteiger partial charge in [0.15, 0.2) is 0 Å². The molecule has 0 aliphatic carbocycles. The highest BCUT2D eigenvalue weighted by Crippen LogP contribution is 2.45. The Balaban J connectivity index is 1.58. The summed E-state index contributed by atoms with van der Waals surface area (Å²) in [5, 5.41) is 9.62. The minimum atomic E-state index is -1.03. The van der Waals surface area contributed by atoms with E-state index in [0.717, 1.165) is 5.56 Å². The molecule has 0 amide bonds. The first-order chi connectivity index (χ1) is 16.2. The number of ether oxygens (including phenoxy) is 1. The van der Waals surface area contributed by atoms with E-state index in [1.807, 2.05) is 26.0 Å². The summed E-state index contributed by atoms with van der Waals surface area (Å²) in [4.78, 5) is 19.3. The number of aromatic carboxylic acids is 1. The van der Waals surface area contributed by atoms with Crippen LogP contribution in [0.15, 0.2) is 60.7 Å². The quantitative estimate of drug-likeness (QED) is 0.337. The summed E-state index contributed by atoms with van der Waals surface area (Å²) >= 11 is 6.25. The van der Waals surface area contributed by atoms with Crippen LogP contribution >= 0.6 is 11.6 Å². The Bertz CT molecular complexity index is 1510. The Morgan fingerprint density at radius 1 is 1.12 bits per heavy atom. The summed E-state index contributed by atoms with van der Waals surface area (Å²) in [5.41, 5.74) is 2.76. The Morgan fingerprint density at radius 2 is 1.91 bits per heavy atom. The number of hydrogen-bond donors (Lipinski definition) is 2. The molecular weight excluding hydrogens is 455 g/mol. The van der Waals surface area contributed by atoms with Crippen LogP contribution in [-0.4, -0.2) is 21.0 Å². The minimum absolute atomic E-state index is 0.144. The summed E-state index contributed by atoms with van der Waals surface area (Å²) in [6.45, 7) is 3.78. The van der Waals surface area contributed by atoms with Crippen LogP contribution in [-0.2, 0) is 5.60 Å². The molecule has 0 atom stereocenters. The Hall–Kier alpha value is -4.08. The molecule has 3 aromatic carbocycles. The minimum Gasteiger partial charge on any atom is -0.481 e. The number of fused-ring (bicyclic) bond motifs is 3. The summed E-state index contributed by atoms with van der Waals surface area (Å²) < 4.78 is 20.8. The Morgan fingerprint density at radius 3 is 2.68 bits per heavy atom. The molecule has 34 heavy (non-hydrogen) atoms. The second kappa shape index (κ2) is 8.05. The number of halogens is 2. The van der Waals surface area contributed by atoms with Gasteiger partial charge in [0.2, 0.25) is 0 Å². The zero-order valence-corrected chi connectivity index (χ0v) is 19.0. The number of carboxylic acid groups (broad SMARTS) is 1. The number of hydrogen-bond acceptors (Lipinski definition) is 3. The maximum Gasteiger partial charge on any atom is 0.336 e. The molecule has 0 saturated carbocycles. The van der Waals surface area contributed by atoms with Crippen molar-refractivity contribution in [2.75, 3.05) is 0 Å². The fourth-order valence-electron chi connectivity index (χ4n) is 3.97. The number of aromatic nitrogens is 2. The Labute approximate surface area is 200 Å². The molecule has 7 heteroatoms. The van der Waals surface area contributed by atoms with Crippen molar-refractivity contribution >= 4 is 17.6 Å². The number of rotatable bonds is 2. The van der Waals surface area contributed by atoms with Crippen molar-refractivity contribution in [2.45, 2.75) is 19.4 Å². The highest BCUT2D eigenvalue weighted by atomic mass is 35.5. The van der Waals surface area contributed by atoms with Gasteiger partial charge in [-0.05, 0) is 56.3 Å². The summed E-state index contributed by atoms with van der Waals surface area (Å²) in [5.74, 6) is 5.35. The number of nitrogens with one attached hydrogen (secondary N) is 1. The van der Waals surface area contributed by atoms with E-state index in [2.05, 4.69) is 21.8 Å². The fourth-order valence-corrected chi connectivity index (χ4v) is 4.22. The fraction of sp³-hybridized carbons (Fsp3) is 0.111. The monoisotopic (exact) mass is 472 g/mol. The van der Waals surface area contributed by atoms with Crippen LogP contribution in [0.2, 0.25) is 5.02 Å². The normalized spacial score (nSPS) is 13.2. The van der Waals surface area contributed by atoms with Gasteiger partial charge in [0.1, 0.15) is 23.0 Å². The van der Waals surface area contributed by atoms with E-state index in [9.17, 15) is 14.3 Å². The van der Waals surface area contributed by atoms with Gasteiger partial charge in [-0.25, -0.2) is 14.2 Å². The lowest BCUT2D eigenvalue weighted by Crippen LogP contribution is -2.29. The molecule has 168 valence electrons. The van der Waals surface area contributed by atoms with Crippen molar-refractivity contribution in [3.63, 3.8) is 0 Å². The highest BCUT2D eigenvalue weighted by Gasteiger charge is 2.36. The van der Waals surface area contributed by atoms with Crippen LogP contribution in [0.5, 0.6) is 5.75 Å². The molecule has 5 rings (SSSR count). The van der Waals surface area contributed by atoms with E-state index >= 15 is 0 Å². The van der Waals surface area contributed by atoms with E-state index in [-0.39, 0.29) is 16.1 Å². The molecular formula is C27H18ClFN2O3. The first kappa shape index (κ1) is 21.7. The van der Waals surface area contributed by atoms with E-state index in [4.69, 9.17) is 16.3 Å². The molecule has 0 spiro atoms. The van der Waals surface area contributed by atoms with Gasteiger partial charge in [-0.1, -0.05) is 41.6 Å². The number of H-pyrrole nitrogens is 1. The maximum atomic E-state index is 14.5. The second-order valence-corrected chi connectivity index (χ2v) is 8.74. The van der Waals surface area contributed by atoms with Gasteiger partial charge >= 0.3 is 5.97 Å². The smallest absolute Gasteiger partial charge is 0.336 e. The molecule has 0 saturated heterocycles. The molecule has 1 aliphatic heterocycles. The van der Waals surface area contributed by atoms with Gasteiger partial charge in [-0.3, -0.25) is 0 Å². The SMILES string of the molecule is CC1(C)Oc2cc(C#Cc3ccccc3C(=O)O)ccc2-c2nc(-c3c(F)cccc3Cl)[nH]c21. The van der Waals surface area contributed by atoms with Crippen LogP contribution in [0.4, 0.5) is 4.39 Å². The average Bonchev–Trinajstić information content (AvgIpc) is 3.23. The first-order valence-corrected chi connectivity index (χ1v) is 10.8. The third kappa shape index (κ3) is 3.70. The molecule has 0 fully saturated rings. The number of nitrogens with zero attached hydrogens (tertiary/aromatic N) is 1. The lowest BCUT2D eigenvalue weighted by molar-refractivity contribution is 0.0696. The van der Waals surface area contributed by atoms with Crippen molar-refractivity contribution in [3.8, 4) is 40.2 Å². The zero-order valence-electron chi connectivity index (χ0n) is 18.2. The largest absolute Gasteiger partial charge is 0.481 e. The van der Waals surface area contributed by atoms with Crippen LogP contribution in [0, 0.1) is 17.7 Å². The number of carbonyl (C=O) groups is 1. The van der Waals surface area contributed by atoms with Gasteiger partial charge in [-0.15, -0.1) is 0 Å². The zero-order chi connectivity index (χ0) is 24.0. The van der Waals surface area contributed by atoms with E-state index in [1.165, 1.54) is 12.1 Å². The van der Waals surface area contributed by atoms with Crippen LogP contribution < -0.4 is 4.74 Å². The third-order valence-electron chi connectivity index (χ3n) is 5.61. The summed E-state index contributed by atoms with van der Waals surface area (Å²) in [7, 11) is 0. The predicted molar refractivity (Wildman–Crippen MR) is 127 cm³/mol. The maximum absolute atomic E-state index is 14.5. The lowest BCUT2D eigenvalue weighted by Gasteiger charge is -2.31. The average molecular weight is 473 g/mol. The van der Waals surface area contributed by atoms with Gasteiger partial charge < -0.3 is 14.8 Å². The van der Waals surface area contributed by atoms with E-state index in [1.54, 1.807) is 36.4 Å². The van der Waals surface area contributed by atoms with Crippen LogP contribution in [0.3, 0.4) is 0 Å². The van der Waals surface area contributed by atoms with Crippen molar-refractivity contribution in [2.24, 2.45) is 0 Å². The molecule has 5 nitrogen and oxygen atoms in total. The first-order valence-electron chi connectivity index (χ1n) is 10.5. The van der Waals surface area contributed by atoms with Crippen LogP contribution in [0.25, 0.3) is 22.6 Å². The number of aromatic amines is 1. The standard InChI is InChI=1S/C27H18ClFN2O3/c1-27(2)24-23(30-25(31-24)22-19(28)8-5-9-20(22)29)18-13-11-15(14-21(18)34-27)10-12-16-6-3-4-7-17(16)26(32)33/h3-9,11,13-14H,1-2H3,(H,30,31)(H,32,33). The highest BCUT2D eigenvalue weighted by molar-refractivity contribution is 6.33. The number of imidazole rings is 1. The van der Waals surface area contributed by atoms with Gasteiger partial charge in [0.05, 0.1) is 27.5 Å². The molecule has 4 aromatic rings. The molecule has 0 radical (unpaired) electrons. The van der Waals surface area contributed by atoms with Gasteiger partial charge in [0.25, 0.3) is 0 Å². The number of benzene rings is 3. The van der Waals surface area contributed by atoms with Gasteiger partial charge in [-0.2, -0.15) is 0 Å². The predicted octanol–water partition coefficient (Wildman–Crippen LogP) is 6.26. The van der Waals surface area contributed by atoms with Gasteiger partial charge in [0, 0.05) is 16.7 Å². The van der Waals surface area contributed by atoms with Crippen LogP contribution in [0.1, 0.15) is 41.0 Å². The number of carboxylic acids is 1. The summed E-state index contributed by atoms with van der Waals surface area (Å²) in [6, 6.07) is 16.5. The Kier molecular flexibility index (Phi) is 5.15. The van der Waals surface area contributed by atoms with Crippen molar-refractivity contribution in [1.29, 1.82) is 0 Å². The van der Waals surface area contributed by atoms with E-state index < -0.39 is 17.4 Å². The summed E-state index contributed by atoms with van der Waals surface area (Å²) in [6.07, 6.45) is 0. The molecule has 1 aromatic heterocycles. The molecule has 2 heterocycles. The van der Waals surface area contributed by atoms with Crippen molar-refractivity contribution < 1.29 is 19.0 Å². The third-order valence-corrected chi connectivity index (χ3v) is 5.92. The molecule has 0 bridgehead atoms. The lowest BCUT2D eigenvalue weighted by atomic mass is 9.94. The molecule has 1 aliphatic rings. The topological polar surface area (TPSA) is 75.2 Å². The second-order valence-electron chi connectivity index (χ2n) is 8.33.